The van der Waals surface area contributed by atoms with E-state index < -0.39 is 5.60 Å². The van der Waals surface area contributed by atoms with E-state index in [2.05, 4.69) is 4.90 Å². The molecule has 1 heterocycles. The number of aliphatic hydroxyl groups excluding tert-OH is 1. The molecular formula is C19H19Cl4NO2. The van der Waals surface area contributed by atoms with Gasteiger partial charge in [-0.05, 0) is 29.3 Å². The van der Waals surface area contributed by atoms with E-state index in [1.807, 2.05) is 24.3 Å². The SMILES string of the molecule is OCCC1(c2ccc(Cl)c(Cl)c2)CN(Cc2cccc(Cl)c2Cl)CCO1. The molecule has 7 heteroatoms. The molecule has 0 bridgehead atoms. The first-order valence-electron chi connectivity index (χ1n) is 8.31. The van der Waals surface area contributed by atoms with Gasteiger partial charge in [0.2, 0.25) is 0 Å². The number of rotatable bonds is 5. The van der Waals surface area contributed by atoms with Crippen molar-refractivity contribution < 1.29 is 9.84 Å². The van der Waals surface area contributed by atoms with Crippen molar-refractivity contribution in [2.75, 3.05) is 26.3 Å². The molecule has 0 amide bonds. The van der Waals surface area contributed by atoms with Crippen LogP contribution in [0.15, 0.2) is 36.4 Å². The maximum Gasteiger partial charge on any atom is 0.108 e. The Morgan fingerprint density at radius 1 is 1.04 bits per heavy atom. The summed E-state index contributed by atoms with van der Waals surface area (Å²) in [4.78, 5) is 2.25. The van der Waals surface area contributed by atoms with Crippen LogP contribution in [0.1, 0.15) is 17.5 Å². The predicted octanol–water partition coefficient (Wildman–Crippen LogP) is 5.41. The molecule has 26 heavy (non-hydrogen) atoms. The molecule has 0 aromatic heterocycles. The summed E-state index contributed by atoms with van der Waals surface area (Å²) in [7, 11) is 0. The summed E-state index contributed by atoms with van der Waals surface area (Å²) in [5, 5.41) is 11.7. The molecule has 1 aliphatic rings. The molecule has 1 aliphatic heterocycles. The second-order valence-corrected chi connectivity index (χ2v) is 7.97. The fourth-order valence-corrected chi connectivity index (χ4v) is 4.01. The Morgan fingerprint density at radius 2 is 1.85 bits per heavy atom. The van der Waals surface area contributed by atoms with Gasteiger partial charge in [0, 0.05) is 32.7 Å². The van der Waals surface area contributed by atoms with Crippen LogP contribution < -0.4 is 0 Å². The average Bonchev–Trinajstić information content (AvgIpc) is 2.62. The normalized spacial score (nSPS) is 21.1. The van der Waals surface area contributed by atoms with Crippen LogP contribution in [-0.2, 0) is 16.9 Å². The van der Waals surface area contributed by atoms with Gasteiger partial charge >= 0.3 is 0 Å². The van der Waals surface area contributed by atoms with Crippen molar-refractivity contribution in [2.45, 2.75) is 18.6 Å². The van der Waals surface area contributed by atoms with E-state index in [9.17, 15) is 5.11 Å². The van der Waals surface area contributed by atoms with Crippen LogP contribution in [0, 0.1) is 0 Å². The van der Waals surface area contributed by atoms with Gasteiger partial charge < -0.3 is 9.84 Å². The standard InChI is InChI=1S/C19H19Cl4NO2/c20-15-5-4-14(10-17(15)22)19(6-8-25)12-24(7-9-26-19)11-13-2-1-3-16(21)18(13)23/h1-5,10,25H,6-9,11-12H2. The molecule has 2 aromatic carbocycles. The van der Waals surface area contributed by atoms with Crippen LogP contribution in [0.3, 0.4) is 0 Å². The van der Waals surface area contributed by atoms with Crippen molar-refractivity contribution in [1.82, 2.24) is 4.90 Å². The number of ether oxygens (including phenoxy) is 1. The summed E-state index contributed by atoms with van der Waals surface area (Å²) in [5.41, 5.74) is 1.22. The molecule has 0 spiro atoms. The van der Waals surface area contributed by atoms with Gasteiger partial charge in [0.1, 0.15) is 5.60 Å². The van der Waals surface area contributed by atoms with Crippen molar-refractivity contribution in [3.05, 3.63) is 67.6 Å². The van der Waals surface area contributed by atoms with Crippen molar-refractivity contribution in [2.24, 2.45) is 0 Å². The molecule has 1 saturated heterocycles. The van der Waals surface area contributed by atoms with E-state index in [0.717, 1.165) is 17.7 Å². The van der Waals surface area contributed by atoms with Crippen molar-refractivity contribution in [1.29, 1.82) is 0 Å². The Morgan fingerprint density at radius 3 is 2.58 bits per heavy atom. The first-order valence-corrected chi connectivity index (χ1v) is 9.82. The number of aliphatic hydroxyl groups is 1. The minimum atomic E-state index is -0.647. The van der Waals surface area contributed by atoms with E-state index in [-0.39, 0.29) is 6.61 Å². The average molecular weight is 435 g/mol. The number of nitrogens with zero attached hydrogens (tertiary/aromatic N) is 1. The lowest BCUT2D eigenvalue weighted by atomic mass is 9.88. The highest BCUT2D eigenvalue weighted by atomic mass is 35.5. The second-order valence-electron chi connectivity index (χ2n) is 6.37. The molecule has 1 N–H and O–H groups in total. The number of hydrogen-bond acceptors (Lipinski definition) is 3. The van der Waals surface area contributed by atoms with Gasteiger partial charge in [0.25, 0.3) is 0 Å². The molecular weight excluding hydrogens is 416 g/mol. The Balaban J connectivity index is 1.87. The van der Waals surface area contributed by atoms with Crippen LogP contribution in [-0.4, -0.2) is 36.3 Å². The van der Waals surface area contributed by atoms with E-state index in [1.165, 1.54) is 0 Å². The van der Waals surface area contributed by atoms with Gasteiger partial charge in [-0.25, -0.2) is 0 Å². The quantitative estimate of drug-likeness (QED) is 0.682. The molecule has 1 atom stereocenters. The maximum atomic E-state index is 9.63. The first-order chi connectivity index (χ1) is 12.4. The van der Waals surface area contributed by atoms with Gasteiger partial charge in [-0.1, -0.05) is 64.6 Å². The van der Waals surface area contributed by atoms with E-state index in [0.29, 0.717) is 46.2 Å². The Hall–Kier alpha value is -0.520. The molecule has 0 saturated carbocycles. The fourth-order valence-electron chi connectivity index (χ4n) is 3.33. The second kappa shape index (κ2) is 8.66. The van der Waals surface area contributed by atoms with Crippen molar-refractivity contribution in [3.8, 4) is 0 Å². The minimum Gasteiger partial charge on any atom is -0.396 e. The third kappa shape index (κ3) is 4.31. The summed E-state index contributed by atoms with van der Waals surface area (Å²) in [6.45, 7) is 2.56. The lowest BCUT2D eigenvalue weighted by Crippen LogP contribution is -2.50. The largest absolute Gasteiger partial charge is 0.396 e. The van der Waals surface area contributed by atoms with Gasteiger partial charge in [-0.2, -0.15) is 0 Å². The summed E-state index contributed by atoms with van der Waals surface area (Å²) in [6.07, 6.45) is 0.463. The topological polar surface area (TPSA) is 32.7 Å². The molecule has 140 valence electrons. The Labute approximate surface area is 173 Å². The third-order valence-corrected chi connectivity index (χ3v) is 6.25. The number of morpholine rings is 1. The van der Waals surface area contributed by atoms with Crippen LogP contribution in [0.4, 0.5) is 0 Å². The van der Waals surface area contributed by atoms with Crippen LogP contribution >= 0.6 is 46.4 Å². The van der Waals surface area contributed by atoms with Gasteiger partial charge in [-0.3, -0.25) is 4.90 Å². The summed E-state index contributed by atoms with van der Waals surface area (Å²) < 4.78 is 6.15. The molecule has 3 nitrogen and oxygen atoms in total. The summed E-state index contributed by atoms with van der Waals surface area (Å²) in [5.74, 6) is 0. The molecule has 1 unspecified atom stereocenters. The lowest BCUT2D eigenvalue weighted by Gasteiger charge is -2.43. The summed E-state index contributed by atoms with van der Waals surface area (Å²) >= 11 is 24.7. The van der Waals surface area contributed by atoms with E-state index >= 15 is 0 Å². The summed E-state index contributed by atoms with van der Waals surface area (Å²) in [6, 6.07) is 11.1. The van der Waals surface area contributed by atoms with E-state index in [4.69, 9.17) is 51.1 Å². The first kappa shape index (κ1) is 20.2. The van der Waals surface area contributed by atoms with Crippen LogP contribution in [0.5, 0.6) is 0 Å². The van der Waals surface area contributed by atoms with Crippen LogP contribution in [0.25, 0.3) is 0 Å². The highest BCUT2D eigenvalue weighted by Crippen LogP contribution is 2.37. The molecule has 0 radical (unpaired) electrons. The lowest BCUT2D eigenvalue weighted by molar-refractivity contribution is -0.126. The highest BCUT2D eigenvalue weighted by molar-refractivity contribution is 6.42. The number of halogens is 4. The smallest absolute Gasteiger partial charge is 0.108 e. The predicted molar refractivity (Wildman–Crippen MR) is 108 cm³/mol. The fraction of sp³-hybridized carbons (Fsp3) is 0.368. The van der Waals surface area contributed by atoms with Gasteiger partial charge in [-0.15, -0.1) is 0 Å². The van der Waals surface area contributed by atoms with Gasteiger partial charge in [0.15, 0.2) is 0 Å². The molecule has 3 rings (SSSR count). The maximum absolute atomic E-state index is 9.63. The highest BCUT2D eigenvalue weighted by Gasteiger charge is 2.38. The van der Waals surface area contributed by atoms with Gasteiger partial charge in [0.05, 0.1) is 26.7 Å². The Kier molecular flexibility index (Phi) is 6.73. The molecule has 0 aliphatic carbocycles. The molecule has 1 fully saturated rings. The van der Waals surface area contributed by atoms with Crippen molar-refractivity contribution in [3.63, 3.8) is 0 Å². The van der Waals surface area contributed by atoms with Crippen LogP contribution in [0.2, 0.25) is 20.1 Å². The van der Waals surface area contributed by atoms with E-state index in [1.54, 1.807) is 12.1 Å². The Bertz CT molecular complexity index is 782. The minimum absolute atomic E-state index is 0.00596. The third-order valence-electron chi connectivity index (χ3n) is 4.65. The zero-order valence-electron chi connectivity index (χ0n) is 14.0. The zero-order chi connectivity index (χ0) is 18.7. The molecule has 2 aromatic rings. The zero-order valence-corrected chi connectivity index (χ0v) is 17.0. The number of hydrogen-bond donors (Lipinski definition) is 1. The van der Waals surface area contributed by atoms with Crippen molar-refractivity contribution >= 4 is 46.4 Å². The number of benzene rings is 2. The monoisotopic (exact) mass is 433 g/mol.